The van der Waals surface area contributed by atoms with Crippen molar-refractivity contribution < 1.29 is 19.4 Å². The summed E-state index contributed by atoms with van der Waals surface area (Å²) in [5.41, 5.74) is 0.651. The number of benzene rings is 1. The van der Waals surface area contributed by atoms with Crippen LogP contribution in [0.1, 0.15) is 26.7 Å². The van der Waals surface area contributed by atoms with Crippen LogP contribution in [0.4, 0.5) is 5.69 Å². The first-order valence-electron chi connectivity index (χ1n) is 6.25. The van der Waals surface area contributed by atoms with E-state index in [1.807, 2.05) is 13.0 Å². The molecular weight excluding hydrogens is 246 g/mol. The molecule has 1 rings (SSSR count). The Morgan fingerprint density at radius 2 is 2.11 bits per heavy atom. The predicted molar refractivity (Wildman–Crippen MR) is 72.3 cm³/mol. The molecule has 2 N–H and O–H groups in total. The van der Waals surface area contributed by atoms with E-state index in [1.54, 1.807) is 25.1 Å². The van der Waals surface area contributed by atoms with Crippen LogP contribution in [0.3, 0.4) is 0 Å². The van der Waals surface area contributed by atoms with E-state index in [-0.39, 0.29) is 24.7 Å². The van der Waals surface area contributed by atoms with E-state index in [0.29, 0.717) is 18.0 Å². The molecule has 1 amide bonds. The second kappa shape index (κ2) is 7.41. The molecule has 1 aromatic rings. The molecule has 0 aromatic heterocycles. The molecular formula is C14H19NO4. The first kappa shape index (κ1) is 15.0. The number of hydrogen-bond donors (Lipinski definition) is 2. The molecule has 104 valence electrons. The van der Waals surface area contributed by atoms with Crippen molar-refractivity contribution in [2.45, 2.75) is 26.7 Å². The Labute approximate surface area is 112 Å². The number of carboxylic acid groups (broad SMARTS) is 1. The number of amides is 1. The Bertz CT molecular complexity index is 445. The van der Waals surface area contributed by atoms with Crippen molar-refractivity contribution >= 4 is 17.6 Å². The molecule has 1 unspecified atom stereocenters. The lowest BCUT2D eigenvalue weighted by Gasteiger charge is -2.10. The average Bonchev–Trinajstić information content (AvgIpc) is 2.28. The summed E-state index contributed by atoms with van der Waals surface area (Å²) in [6.45, 7) is 4.19. The van der Waals surface area contributed by atoms with Crippen molar-refractivity contribution in [2.75, 3.05) is 11.9 Å². The van der Waals surface area contributed by atoms with Crippen LogP contribution in [0, 0.1) is 5.92 Å². The van der Waals surface area contributed by atoms with Crippen LogP contribution in [-0.2, 0) is 9.59 Å². The SMILES string of the molecule is CCOc1cccc(NC(=O)CC(C)CC(=O)O)c1. The zero-order chi connectivity index (χ0) is 14.3. The maximum Gasteiger partial charge on any atom is 0.303 e. The third-order valence-electron chi connectivity index (χ3n) is 2.49. The molecule has 0 aliphatic carbocycles. The monoisotopic (exact) mass is 265 g/mol. The Morgan fingerprint density at radius 3 is 2.74 bits per heavy atom. The number of carbonyl (C=O) groups is 2. The minimum atomic E-state index is -0.890. The van der Waals surface area contributed by atoms with Gasteiger partial charge in [-0.15, -0.1) is 0 Å². The highest BCUT2D eigenvalue weighted by molar-refractivity contribution is 5.91. The molecule has 5 nitrogen and oxygen atoms in total. The number of hydrogen-bond acceptors (Lipinski definition) is 3. The number of rotatable bonds is 7. The molecule has 19 heavy (non-hydrogen) atoms. The van der Waals surface area contributed by atoms with Crippen LogP contribution in [0.2, 0.25) is 0 Å². The fourth-order valence-corrected chi connectivity index (χ4v) is 1.73. The standard InChI is InChI=1S/C14H19NO4/c1-3-19-12-6-4-5-11(9-12)15-13(16)7-10(2)8-14(17)18/h4-6,9-10H,3,7-8H2,1-2H3,(H,15,16)(H,17,18). The minimum Gasteiger partial charge on any atom is -0.494 e. The second-order valence-corrected chi connectivity index (χ2v) is 4.42. The van der Waals surface area contributed by atoms with Gasteiger partial charge in [0.2, 0.25) is 5.91 Å². The van der Waals surface area contributed by atoms with Crippen LogP contribution < -0.4 is 10.1 Å². The summed E-state index contributed by atoms with van der Waals surface area (Å²) in [7, 11) is 0. The van der Waals surface area contributed by atoms with E-state index < -0.39 is 5.97 Å². The lowest BCUT2D eigenvalue weighted by molar-refractivity contribution is -0.138. The molecule has 5 heteroatoms. The molecule has 0 radical (unpaired) electrons. The summed E-state index contributed by atoms with van der Waals surface area (Å²) < 4.78 is 5.33. The minimum absolute atomic E-state index is 0.00753. The van der Waals surface area contributed by atoms with Gasteiger partial charge in [-0.25, -0.2) is 0 Å². The van der Waals surface area contributed by atoms with Crippen molar-refractivity contribution in [3.63, 3.8) is 0 Å². The number of aliphatic carboxylic acids is 1. The van der Waals surface area contributed by atoms with Gasteiger partial charge in [-0.3, -0.25) is 9.59 Å². The third-order valence-corrected chi connectivity index (χ3v) is 2.49. The summed E-state index contributed by atoms with van der Waals surface area (Å²) in [6, 6.07) is 7.11. The van der Waals surface area contributed by atoms with Gasteiger partial charge in [0.1, 0.15) is 5.75 Å². The van der Waals surface area contributed by atoms with Crippen LogP contribution in [0.25, 0.3) is 0 Å². The summed E-state index contributed by atoms with van der Waals surface area (Å²) in [4.78, 5) is 22.2. The zero-order valence-corrected chi connectivity index (χ0v) is 11.2. The highest BCUT2D eigenvalue weighted by Gasteiger charge is 2.12. The van der Waals surface area contributed by atoms with Crippen molar-refractivity contribution in [1.29, 1.82) is 0 Å². The number of carbonyl (C=O) groups excluding carboxylic acids is 1. The number of carboxylic acids is 1. The van der Waals surface area contributed by atoms with E-state index >= 15 is 0 Å². The van der Waals surface area contributed by atoms with Crippen molar-refractivity contribution in [1.82, 2.24) is 0 Å². The lowest BCUT2D eigenvalue weighted by atomic mass is 10.0. The first-order chi connectivity index (χ1) is 9.01. The Kier molecular flexibility index (Phi) is 5.85. The maximum atomic E-state index is 11.7. The maximum absolute atomic E-state index is 11.7. The summed E-state index contributed by atoms with van der Waals surface area (Å²) in [6.07, 6.45) is 0.178. The number of ether oxygens (including phenoxy) is 1. The fraction of sp³-hybridized carbons (Fsp3) is 0.429. The van der Waals surface area contributed by atoms with E-state index in [2.05, 4.69) is 5.32 Å². The van der Waals surface area contributed by atoms with Crippen molar-refractivity contribution in [3.8, 4) is 5.75 Å². The van der Waals surface area contributed by atoms with Gasteiger partial charge in [-0.2, -0.15) is 0 Å². The molecule has 0 aliphatic heterocycles. The van der Waals surface area contributed by atoms with Crippen LogP contribution in [-0.4, -0.2) is 23.6 Å². The Balaban J connectivity index is 2.52. The molecule has 0 saturated carbocycles. The molecule has 1 atom stereocenters. The summed E-state index contributed by atoms with van der Waals surface area (Å²) >= 11 is 0. The van der Waals surface area contributed by atoms with Gasteiger partial charge in [-0.05, 0) is 25.0 Å². The van der Waals surface area contributed by atoms with Crippen LogP contribution in [0.5, 0.6) is 5.75 Å². The predicted octanol–water partition coefficient (Wildman–Crippen LogP) is 2.52. The van der Waals surface area contributed by atoms with E-state index in [9.17, 15) is 9.59 Å². The summed E-state index contributed by atoms with van der Waals surface area (Å²) in [5.74, 6) is -0.576. The molecule has 0 aliphatic rings. The summed E-state index contributed by atoms with van der Waals surface area (Å²) in [5, 5.41) is 11.4. The van der Waals surface area contributed by atoms with Gasteiger partial charge >= 0.3 is 5.97 Å². The van der Waals surface area contributed by atoms with Gasteiger partial charge in [0, 0.05) is 24.6 Å². The normalized spacial score (nSPS) is 11.7. The molecule has 0 heterocycles. The molecule has 1 aromatic carbocycles. The molecule has 0 bridgehead atoms. The highest BCUT2D eigenvalue weighted by atomic mass is 16.5. The average molecular weight is 265 g/mol. The Hall–Kier alpha value is -2.04. The molecule has 0 spiro atoms. The number of nitrogens with one attached hydrogen (secondary N) is 1. The van der Waals surface area contributed by atoms with Gasteiger partial charge in [0.25, 0.3) is 0 Å². The first-order valence-corrected chi connectivity index (χ1v) is 6.25. The number of anilines is 1. The Morgan fingerprint density at radius 1 is 1.37 bits per heavy atom. The van der Waals surface area contributed by atoms with Crippen molar-refractivity contribution in [2.24, 2.45) is 5.92 Å². The van der Waals surface area contributed by atoms with Gasteiger partial charge in [0.15, 0.2) is 0 Å². The van der Waals surface area contributed by atoms with Gasteiger partial charge in [-0.1, -0.05) is 13.0 Å². The lowest BCUT2D eigenvalue weighted by Crippen LogP contribution is -2.16. The third kappa shape index (κ3) is 5.90. The fourth-order valence-electron chi connectivity index (χ4n) is 1.73. The topological polar surface area (TPSA) is 75.6 Å². The quantitative estimate of drug-likeness (QED) is 0.794. The second-order valence-electron chi connectivity index (χ2n) is 4.42. The van der Waals surface area contributed by atoms with Gasteiger partial charge in [0.05, 0.1) is 6.61 Å². The van der Waals surface area contributed by atoms with Crippen LogP contribution in [0.15, 0.2) is 24.3 Å². The van der Waals surface area contributed by atoms with Crippen molar-refractivity contribution in [3.05, 3.63) is 24.3 Å². The molecule has 0 fully saturated rings. The van der Waals surface area contributed by atoms with E-state index in [0.717, 1.165) is 0 Å². The van der Waals surface area contributed by atoms with E-state index in [4.69, 9.17) is 9.84 Å². The smallest absolute Gasteiger partial charge is 0.303 e. The zero-order valence-electron chi connectivity index (χ0n) is 11.2. The molecule has 0 saturated heterocycles. The largest absolute Gasteiger partial charge is 0.494 e. The van der Waals surface area contributed by atoms with E-state index in [1.165, 1.54) is 0 Å². The van der Waals surface area contributed by atoms with Gasteiger partial charge < -0.3 is 15.2 Å². The highest BCUT2D eigenvalue weighted by Crippen LogP contribution is 2.18. The van der Waals surface area contributed by atoms with Crippen LogP contribution >= 0.6 is 0 Å².